The number of carbonyl (C=O) groups excluding carboxylic acids is 2. The van der Waals surface area contributed by atoms with Crippen molar-refractivity contribution >= 4 is 23.6 Å². The average Bonchev–Trinajstić information content (AvgIpc) is 3.23. The molecular formula is C16H27N3O2S. The van der Waals surface area contributed by atoms with E-state index in [4.69, 9.17) is 0 Å². The van der Waals surface area contributed by atoms with Gasteiger partial charge in [0.1, 0.15) is 6.04 Å². The van der Waals surface area contributed by atoms with E-state index in [2.05, 4.69) is 16.7 Å². The number of amides is 2. The molecular weight excluding hydrogens is 298 g/mol. The minimum Gasteiger partial charge on any atom is -0.336 e. The first-order valence-electron chi connectivity index (χ1n) is 8.53. The van der Waals surface area contributed by atoms with E-state index in [1.807, 2.05) is 0 Å². The summed E-state index contributed by atoms with van der Waals surface area (Å²) < 4.78 is 0. The minimum atomic E-state index is -0.237. The van der Waals surface area contributed by atoms with Gasteiger partial charge in [-0.3, -0.25) is 14.5 Å². The Hall–Kier alpha value is -0.750. The second-order valence-electron chi connectivity index (χ2n) is 6.58. The number of hydrogen-bond acceptors (Lipinski definition) is 4. The van der Waals surface area contributed by atoms with Gasteiger partial charge in [-0.2, -0.15) is 0 Å². The molecule has 124 valence electrons. The van der Waals surface area contributed by atoms with Gasteiger partial charge in [-0.25, -0.2) is 0 Å². The molecule has 0 aromatic heterocycles. The third-order valence-electron chi connectivity index (χ3n) is 5.42. The van der Waals surface area contributed by atoms with E-state index in [-0.39, 0.29) is 17.9 Å². The Morgan fingerprint density at radius 1 is 1.09 bits per heavy atom. The third kappa shape index (κ3) is 2.87. The largest absolute Gasteiger partial charge is 0.336 e. The summed E-state index contributed by atoms with van der Waals surface area (Å²) in [5, 5.41) is 0. The summed E-state index contributed by atoms with van der Waals surface area (Å²) in [6.45, 7) is 6.89. The summed E-state index contributed by atoms with van der Waals surface area (Å²) in [5.74, 6) is 1.62. The predicted molar refractivity (Wildman–Crippen MR) is 88.6 cm³/mol. The topological polar surface area (TPSA) is 43.9 Å². The van der Waals surface area contributed by atoms with E-state index < -0.39 is 0 Å². The van der Waals surface area contributed by atoms with Crippen LogP contribution in [0.2, 0.25) is 0 Å². The van der Waals surface area contributed by atoms with Gasteiger partial charge >= 0.3 is 0 Å². The average molecular weight is 325 g/mol. The van der Waals surface area contributed by atoms with Crippen LogP contribution in [0.4, 0.5) is 0 Å². The Labute approximate surface area is 137 Å². The van der Waals surface area contributed by atoms with Crippen LogP contribution < -0.4 is 0 Å². The van der Waals surface area contributed by atoms with Crippen LogP contribution in [0.5, 0.6) is 0 Å². The van der Waals surface area contributed by atoms with Gasteiger partial charge in [-0.15, -0.1) is 11.8 Å². The first-order valence-corrected chi connectivity index (χ1v) is 9.68. The molecule has 0 spiro atoms. The van der Waals surface area contributed by atoms with Crippen molar-refractivity contribution in [3.63, 3.8) is 0 Å². The zero-order chi connectivity index (χ0) is 15.7. The molecule has 3 aliphatic rings. The maximum absolute atomic E-state index is 13.0. The Morgan fingerprint density at radius 2 is 1.82 bits per heavy atom. The second kappa shape index (κ2) is 6.79. The van der Waals surface area contributed by atoms with Crippen LogP contribution in [0.1, 0.15) is 39.5 Å². The van der Waals surface area contributed by atoms with E-state index in [0.717, 1.165) is 31.7 Å². The Bertz CT molecular complexity index is 445. The number of likely N-dealkylation sites (tertiary alicyclic amines) is 2. The number of rotatable bonds is 3. The first kappa shape index (κ1) is 16.1. The molecule has 0 aromatic rings. The first-order chi connectivity index (χ1) is 10.6. The van der Waals surface area contributed by atoms with E-state index in [9.17, 15) is 9.59 Å². The molecule has 0 aromatic carbocycles. The summed E-state index contributed by atoms with van der Waals surface area (Å²) in [7, 11) is 0. The van der Waals surface area contributed by atoms with E-state index in [0.29, 0.717) is 18.0 Å². The zero-order valence-corrected chi connectivity index (χ0v) is 14.5. The van der Waals surface area contributed by atoms with Gasteiger partial charge in [0, 0.05) is 31.3 Å². The van der Waals surface area contributed by atoms with E-state index in [1.165, 1.54) is 19.4 Å². The van der Waals surface area contributed by atoms with Crippen molar-refractivity contribution in [3.8, 4) is 0 Å². The molecule has 3 rings (SSSR count). The second-order valence-corrected chi connectivity index (χ2v) is 7.58. The fourth-order valence-corrected chi connectivity index (χ4v) is 5.51. The molecule has 0 N–H and O–H groups in total. The molecule has 22 heavy (non-hydrogen) atoms. The summed E-state index contributed by atoms with van der Waals surface area (Å²) in [6.07, 6.45) is 4.67. The van der Waals surface area contributed by atoms with Gasteiger partial charge < -0.3 is 9.80 Å². The molecule has 3 saturated heterocycles. The monoisotopic (exact) mass is 325 g/mol. The SMILES string of the molecule is CCN1CCC[C@@H]1[C@@H]1CCCN1C(=O)[C@@H]1CSCN1C(C)=O. The Morgan fingerprint density at radius 3 is 2.55 bits per heavy atom. The lowest BCUT2D eigenvalue weighted by Crippen LogP contribution is -2.54. The quantitative estimate of drug-likeness (QED) is 0.786. The third-order valence-corrected chi connectivity index (χ3v) is 6.43. The van der Waals surface area contributed by atoms with Crippen LogP contribution in [-0.2, 0) is 9.59 Å². The number of carbonyl (C=O) groups is 2. The molecule has 0 aliphatic carbocycles. The van der Waals surface area contributed by atoms with E-state index >= 15 is 0 Å². The molecule has 3 fully saturated rings. The maximum atomic E-state index is 13.0. The fraction of sp³-hybridized carbons (Fsp3) is 0.875. The smallest absolute Gasteiger partial charge is 0.246 e. The van der Waals surface area contributed by atoms with Crippen molar-refractivity contribution < 1.29 is 9.59 Å². The normalized spacial score (nSPS) is 32.9. The van der Waals surface area contributed by atoms with Crippen molar-refractivity contribution in [3.05, 3.63) is 0 Å². The molecule has 5 nitrogen and oxygen atoms in total. The highest BCUT2D eigenvalue weighted by molar-refractivity contribution is 7.99. The minimum absolute atomic E-state index is 0.0233. The van der Waals surface area contributed by atoms with Crippen LogP contribution in [-0.4, -0.2) is 75.9 Å². The highest BCUT2D eigenvalue weighted by atomic mass is 32.2. The standard InChI is InChI=1S/C16H27N3O2S/c1-3-17-8-4-6-13(17)14-7-5-9-18(14)16(21)15-10-22-11-19(15)12(2)20/h13-15H,3-11H2,1-2H3/t13-,14+,15+/m1/s1. The molecule has 6 heteroatoms. The summed E-state index contributed by atoms with van der Waals surface area (Å²) in [6, 6.07) is 0.644. The van der Waals surface area contributed by atoms with Crippen molar-refractivity contribution in [2.75, 3.05) is 31.3 Å². The molecule has 0 bridgehead atoms. The van der Waals surface area contributed by atoms with Gasteiger partial charge in [0.05, 0.1) is 5.88 Å². The summed E-state index contributed by atoms with van der Waals surface area (Å²) in [4.78, 5) is 31.1. The molecule has 3 atom stereocenters. The van der Waals surface area contributed by atoms with Crippen molar-refractivity contribution in [2.45, 2.75) is 57.7 Å². The zero-order valence-electron chi connectivity index (χ0n) is 13.7. The predicted octanol–water partition coefficient (Wildman–Crippen LogP) is 1.38. The lowest BCUT2D eigenvalue weighted by molar-refractivity contribution is -0.143. The fourth-order valence-electron chi connectivity index (χ4n) is 4.30. The lowest BCUT2D eigenvalue weighted by Gasteiger charge is -2.36. The molecule has 3 aliphatic heterocycles. The lowest BCUT2D eigenvalue weighted by atomic mass is 10.0. The number of likely N-dealkylation sites (N-methyl/N-ethyl adjacent to an activating group) is 1. The van der Waals surface area contributed by atoms with Crippen LogP contribution in [0.3, 0.4) is 0 Å². The number of hydrogen-bond donors (Lipinski definition) is 0. The molecule has 0 radical (unpaired) electrons. The van der Waals surface area contributed by atoms with E-state index in [1.54, 1.807) is 23.6 Å². The van der Waals surface area contributed by atoms with Crippen LogP contribution in [0.15, 0.2) is 0 Å². The van der Waals surface area contributed by atoms with Crippen LogP contribution in [0.25, 0.3) is 0 Å². The van der Waals surface area contributed by atoms with Gasteiger partial charge in [0.2, 0.25) is 11.8 Å². The van der Waals surface area contributed by atoms with Crippen molar-refractivity contribution in [2.24, 2.45) is 0 Å². The Kier molecular flexibility index (Phi) is 4.97. The van der Waals surface area contributed by atoms with Crippen LogP contribution >= 0.6 is 11.8 Å². The van der Waals surface area contributed by atoms with Gasteiger partial charge in [-0.05, 0) is 38.8 Å². The van der Waals surface area contributed by atoms with Crippen molar-refractivity contribution in [1.29, 1.82) is 0 Å². The molecule has 2 amide bonds. The van der Waals surface area contributed by atoms with Gasteiger partial charge in [-0.1, -0.05) is 6.92 Å². The summed E-state index contributed by atoms with van der Waals surface area (Å²) in [5.41, 5.74) is 0. The van der Waals surface area contributed by atoms with Gasteiger partial charge in [0.15, 0.2) is 0 Å². The highest BCUT2D eigenvalue weighted by Gasteiger charge is 2.43. The van der Waals surface area contributed by atoms with Crippen LogP contribution in [0, 0.1) is 0 Å². The molecule has 3 heterocycles. The highest BCUT2D eigenvalue weighted by Crippen LogP contribution is 2.32. The molecule has 0 unspecified atom stereocenters. The number of thioether (sulfide) groups is 1. The summed E-state index contributed by atoms with van der Waals surface area (Å²) >= 11 is 1.69. The maximum Gasteiger partial charge on any atom is 0.246 e. The van der Waals surface area contributed by atoms with Crippen molar-refractivity contribution in [1.82, 2.24) is 14.7 Å². The molecule has 0 saturated carbocycles. The number of nitrogens with zero attached hydrogens (tertiary/aromatic N) is 3. The Balaban J connectivity index is 1.72. The van der Waals surface area contributed by atoms with Gasteiger partial charge in [0.25, 0.3) is 0 Å².